The summed E-state index contributed by atoms with van der Waals surface area (Å²) in [7, 11) is 0. The summed E-state index contributed by atoms with van der Waals surface area (Å²) in [5.41, 5.74) is -0.636. The third-order valence-corrected chi connectivity index (χ3v) is 4.87. The first-order chi connectivity index (χ1) is 15.6. The Labute approximate surface area is 194 Å². The maximum absolute atomic E-state index is 13.9. The first-order valence-corrected chi connectivity index (χ1v) is 9.03. The number of alkyl halides is 17. The van der Waals surface area contributed by atoms with Crippen molar-refractivity contribution in [3.05, 3.63) is 29.3 Å². The molecule has 0 unspecified atom stereocenters. The lowest BCUT2D eigenvalue weighted by Crippen LogP contribution is -2.75. The Bertz CT molecular complexity index is 1000. The molecule has 0 bridgehead atoms. The topological polar surface area (TPSA) is 29.1 Å². The lowest BCUT2D eigenvalue weighted by Gasteiger charge is -2.42. The van der Waals surface area contributed by atoms with Gasteiger partial charge in [0, 0.05) is 5.69 Å². The fraction of sp³-hybridized carbons (Fsp3) is 0.588. The highest BCUT2D eigenvalue weighted by Gasteiger charge is 2.95. The van der Waals surface area contributed by atoms with Crippen LogP contribution in [0.5, 0.6) is 0 Å². The Morgan fingerprint density at radius 3 is 1.36 bits per heavy atom. The number of hydrogen-bond donors (Lipinski definition) is 1. The van der Waals surface area contributed by atoms with Crippen LogP contribution in [0, 0.1) is 13.8 Å². The van der Waals surface area contributed by atoms with Crippen LogP contribution in [0.25, 0.3) is 0 Å². The van der Waals surface area contributed by atoms with Crippen LogP contribution in [0.3, 0.4) is 0 Å². The van der Waals surface area contributed by atoms with Gasteiger partial charge in [0.15, 0.2) is 0 Å². The molecule has 1 amide bonds. The van der Waals surface area contributed by atoms with E-state index in [4.69, 9.17) is 0 Å². The van der Waals surface area contributed by atoms with Gasteiger partial charge in [-0.3, -0.25) is 4.79 Å². The minimum absolute atomic E-state index is 0.199. The van der Waals surface area contributed by atoms with Crippen molar-refractivity contribution in [3.63, 3.8) is 0 Å². The normalized spacial score (nSPS) is 15.2. The summed E-state index contributed by atoms with van der Waals surface area (Å²) in [6, 6.07) is 2.87. The lowest BCUT2D eigenvalue weighted by atomic mass is 9.89. The Morgan fingerprint density at radius 1 is 0.639 bits per heavy atom. The van der Waals surface area contributed by atoms with Gasteiger partial charge in [-0.25, -0.2) is 0 Å². The number of hydrogen-bond acceptors (Lipinski definition) is 1. The molecule has 0 saturated heterocycles. The highest BCUT2D eigenvalue weighted by atomic mass is 35.5. The van der Waals surface area contributed by atoms with Gasteiger partial charge in [0.2, 0.25) is 0 Å². The van der Waals surface area contributed by atoms with Gasteiger partial charge in [-0.15, -0.1) is 0 Å². The number of halogens is 17. The molecule has 2 nitrogen and oxygen atoms in total. The minimum atomic E-state index is -8.62. The number of nitrogens with one attached hydrogen (secondary N) is 1. The Hall–Kier alpha value is -2.14. The molecule has 19 heteroatoms. The molecule has 0 saturated carbocycles. The summed E-state index contributed by atoms with van der Waals surface area (Å²) in [5.74, 6) is -60.5. The van der Waals surface area contributed by atoms with Crippen molar-refractivity contribution in [2.24, 2.45) is 0 Å². The van der Waals surface area contributed by atoms with Crippen LogP contribution in [0.2, 0.25) is 0 Å². The van der Waals surface area contributed by atoms with E-state index in [2.05, 4.69) is 11.6 Å². The van der Waals surface area contributed by atoms with Crippen LogP contribution >= 0.6 is 11.6 Å². The molecule has 0 aromatic heterocycles. The van der Waals surface area contributed by atoms with E-state index in [0.29, 0.717) is 5.56 Å². The molecule has 1 aromatic carbocycles. The SMILES string of the molecule is Cc1ccc(NC(=O)C(F)(F)C(F)(F)C(F)(F)C(F)(F)C(F)(F)C(F)(F)C(F)(F)C(F)(F)Cl)c(C)c1. The Balaban J connectivity index is 3.59. The van der Waals surface area contributed by atoms with E-state index in [1.807, 2.05) is 0 Å². The molecule has 1 rings (SSSR count). The van der Waals surface area contributed by atoms with Crippen LogP contribution in [0.15, 0.2) is 18.2 Å². The fourth-order valence-electron chi connectivity index (χ4n) is 2.46. The molecule has 1 N–H and O–H groups in total. The van der Waals surface area contributed by atoms with Crippen LogP contribution in [0.1, 0.15) is 11.1 Å². The maximum atomic E-state index is 13.9. The van der Waals surface area contributed by atoms with Gasteiger partial charge in [-0.1, -0.05) is 17.7 Å². The number of carbonyl (C=O) groups is 1. The van der Waals surface area contributed by atoms with Crippen molar-refractivity contribution >= 4 is 23.2 Å². The summed E-state index contributed by atoms with van der Waals surface area (Å²) in [5, 5.41) is -5.96. The number of carbonyl (C=O) groups excluding carboxylic acids is 1. The van der Waals surface area contributed by atoms with E-state index in [1.165, 1.54) is 6.92 Å². The molecule has 0 heterocycles. The van der Waals surface area contributed by atoms with Gasteiger partial charge in [0.05, 0.1) is 0 Å². The maximum Gasteiger partial charge on any atom is 0.393 e. The van der Waals surface area contributed by atoms with Gasteiger partial charge < -0.3 is 5.32 Å². The summed E-state index contributed by atoms with van der Waals surface area (Å²) in [4.78, 5) is 11.5. The zero-order chi connectivity index (χ0) is 29.1. The van der Waals surface area contributed by atoms with Crippen LogP contribution in [0.4, 0.5) is 75.9 Å². The fourth-order valence-corrected chi connectivity index (χ4v) is 2.58. The number of benzene rings is 1. The average Bonchev–Trinajstić information content (AvgIpc) is 2.68. The van der Waals surface area contributed by atoms with E-state index in [0.717, 1.165) is 30.4 Å². The van der Waals surface area contributed by atoms with E-state index in [1.54, 1.807) is 0 Å². The van der Waals surface area contributed by atoms with Crippen molar-refractivity contribution in [2.45, 2.75) is 60.7 Å². The van der Waals surface area contributed by atoms with Crippen molar-refractivity contribution in [1.82, 2.24) is 0 Å². The summed E-state index contributed by atoms with van der Waals surface area (Å²) < 4.78 is 215. The predicted octanol–water partition coefficient (Wildman–Crippen LogP) is 7.52. The minimum Gasteiger partial charge on any atom is -0.320 e. The molecule has 0 aliphatic heterocycles. The van der Waals surface area contributed by atoms with E-state index >= 15 is 0 Å². The quantitative estimate of drug-likeness (QED) is 0.237. The summed E-state index contributed by atoms with van der Waals surface area (Å²) >= 11 is 3.43. The summed E-state index contributed by atoms with van der Waals surface area (Å²) in [6.45, 7) is 2.43. The third-order valence-electron chi connectivity index (χ3n) is 4.64. The second kappa shape index (κ2) is 8.72. The van der Waals surface area contributed by atoms with E-state index < -0.39 is 58.4 Å². The zero-order valence-electron chi connectivity index (χ0n) is 17.1. The molecule has 0 spiro atoms. The number of amides is 1. The van der Waals surface area contributed by atoms with Crippen LogP contribution < -0.4 is 5.32 Å². The molecule has 0 atom stereocenters. The third kappa shape index (κ3) is 4.31. The largest absolute Gasteiger partial charge is 0.393 e. The van der Waals surface area contributed by atoms with Gasteiger partial charge in [-0.2, -0.15) is 70.2 Å². The number of rotatable bonds is 9. The van der Waals surface area contributed by atoms with Gasteiger partial charge in [0.1, 0.15) is 0 Å². The first kappa shape index (κ1) is 31.9. The van der Waals surface area contributed by atoms with E-state index in [9.17, 15) is 75.0 Å². The zero-order valence-corrected chi connectivity index (χ0v) is 17.8. The molecule has 0 aliphatic rings. The van der Waals surface area contributed by atoms with Gasteiger partial charge >= 0.3 is 52.7 Å². The summed E-state index contributed by atoms with van der Waals surface area (Å²) in [6.07, 6.45) is 0. The molecule has 1 aromatic rings. The Kier molecular flexibility index (Phi) is 7.72. The van der Waals surface area contributed by atoms with Crippen molar-refractivity contribution in [2.75, 3.05) is 5.32 Å². The first-order valence-electron chi connectivity index (χ1n) is 8.65. The van der Waals surface area contributed by atoms with E-state index in [-0.39, 0.29) is 5.56 Å². The van der Waals surface area contributed by atoms with Crippen LogP contribution in [-0.4, -0.2) is 52.7 Å². The van der Waals surface area contributed by atoms with Crippen molar-refractivity contribution in [1.29, 1.82) is 0 Å². The second-order valence-electron chi connectivity index (χ2n) is 7.29. The monoisotopic (exact) mass is 583 g/mol. The predicted molar refractivity (Wildman–Crippen MR) is 90.0 cm³/mol. The number of anilines is 1. The average molecular weight is 584 g/mol. The second-order valence-corrected chi connectivity index (χ2v) is 7.77. The molecule has 208 valence electrons. The number of aryl methyl sites for hydroxylation is 2. The molecular formula is C17H10ClF16NO. The van der Waals surface area contributed by atoms with Crippen molar-refractivity contribution < 1.29 is 75.0 Å². The van der Waals surface area contributed by atoms with Gasteiger partial charge in [0.25, 0.3) is 0 Å². The molecule has 0 aliphatic carbocycles. The Morgan fingerprint density at radius 2 is 1.00 bits per heavy atom. The molecule has 0 fully saturated rings. The smallest absolute Gasteiger partial charge is 0.320 e. The lowest BCUT2D eigenvalue weighted by molar-refractivity contribution is -0.445. The van der Waals surface area contributed by atoms with Gasteiger partial charge in [-0.05, 0) is 37.1 Å². The molecule has 36 heavy (non-hydrogen) atoms. The van der Waals surface area contributed by atoms with Crippen LogP contribution in [-0.2, 0) is 4.79 Å². The highest BCUT2D eigenvalue weighted by Crippen LogP contribution is 2.64. The molecule has 0 radical (unpaired) electrons. The molecular weight excluding hydrogens is 574 g/mol. The standard InChI is InChI=1S/C17H10ClF16NO/c1-6-3-4-8(7(2)5-6)35-9(36)10(19,20)11(21,22)12(23,24)13(25,26)14(27,28)15(29,30)16(31,32)17(18,33)34/h3-5H,1-2H3,(H,35,36). The van der Waals surface area contributed by atoms with Crippen molar-refractivity contribution in [3.8, 4) is 0 Å². The highest BCUT2D eigenvalue weighted by molar-refractivity contribution is 6.22.